The van der Waals surface area contributed by atoms with Gasteiger partial charge >= 0.3 is 0 Å². The second-order valence-corrected chi connectivity index (χ2v) is 4.36. The van der Waals surface area contributed by atoms with E-state index in [1.807, 2.05) is 30.3 Å². The van der Waals surface area contributed by atoms with Gasteiger partial charge in [-0.15, -0.1) is 0 Å². The Morgan fingerprint density at radius 1 is 1.05 bits per heavy atom. The fourth-order valence-electron chi connectivity index (χ4n) is 1.86. The normalized spacial score (nSPS) is 10.4. The minimum atomic E-state index is 0.199. The topological polar surface area (TPSA) is 60.7 Å². The molecular weight excluding hydrogens is 276 g/mol. The molecule has 2 heterocycles. The second kappa shape index (κ2) is 5.22. The molecule has 0 radical (unpaired) electrons. The summed E-state index contributed by atoms with van der Waals surface area (Å²) in [4.78, 5) is 19.4. The Hall–Kier alpha value is -2.53. The van der Waals surface area contributed by atoms with Gasteiger partial charge in [-0.1, -0.05) is 41.9 Å². The van der Waals surface area contributed by atoms with Gasteiger partial charge in [0.2, 0.25) is 0 Å². The average molecular weight is 285 g/mol. The highest BCUT2D eigenvalue weighted by atomic mass is 35.5. The molecule has 0 aliphatic carbocycles. The number of benzene rings is 1. The number of aromatic nitrogens is 4. The van der Waals surface area contributed by atoms with Crippen LogP contribution in [-0.4, -0.2) is 26.0 Å². The van der Waals surface area contributed by atoms with Gasteiger partial charge in [-0.05, 0) is 6.07 Å². The molecule has 0 bridgehead atoms. The minimum Gasteiger partial charge on any atom is -0.298 e. The van der Waals surface area contributed by atoms with Crippen molar-refractivity contribution in [3.63, 3.8) is 0 Å². The summed E-state index contributed by atoms with van der Waals surface area (Å²) in [6.45, 7) is 0. The summed E-state index contributed by atoms with van der Waals surface area (Å²) in [5.74, 6) is 0.322. The lowest BCUT2D eigenvalue weighted by Gasteiger charge is -1.98. The smallest absolute Gasteiger partial charge is 0.251 e. The van der Waals surface area contributed by atoms with Gasteiger partial charge in [0.05, 0.1) is 5.56 Å². The van der Waals surface area contributed by atoms with Gasteiger partial charge in [0.15, 0.2) is 6.29 Å². The van der Waals surface area contributed by atoms with Crippen molar-refractivity contribution in [3.8, 4) is 17.2 Å². The summed E-state index contributed by atoms with van der Waals surface area (Å²) in [5.41, 5.74) is 1.65. The standard InChI is InChI=1S/C14H9ClN4O/c15-13-11(9-20)12(10-5-2-1-3-6-10)18-19(13)14-16-7-4-8-17-14/h1-9H. The van der Waals surface area contributed by atoms with E-state index in [9.17, 15) is 4.79 Å². The minimum absolute atomic E-state index is 0.199. The predicted molar refractivity (Wildman–Crippen MR) is 75.0 cm³/mol. The second-order valence-electron chi connectivity index (χ2n) is 4.00. The third-order valence-electron chi connectivity index (χ3n) is 2.77. The van der Waals surface area contributed by atoms with Gasteiger partial charge in [0, 0.05) is 18.0 Å². The van der Waals surface area contributed by atoms with Crippen molar-refractivity contribution in [2.45, 2.75) is 0 Å². The lowest BCUT2D eigenvalue weighted by Crippen LogP contribution is -2.02. The van der Waals surface area contributed by atoms with Crippen molar-refractivity contribution in [2.24, 2.45) is 0 Å². The average Bonchev–Trinajstić information content (AvgIpc) is 2.86. The fraction of sp³-hybridized carbons (Fsp3) is 0. The van der Waals surface area contributed by atoms with Crippen LogP contribution < -0.4 is 0 Å². The molecule has 3 rings (SSSR count). The summed E-state index contributed by atoms with van der Waals surface area (Å²) in [5, 5.41) is 4.55. The van der Waals surface area contributed by atoms with E-state index in [-0.39, 0.29) is 5.15 Å². The molecule has 0 aliphatic heterocycles. The third kappa shape index (κ3) is 2.08. The van der Waals surface area contributed by atoms with Crippen molar-refractivity contribution in [3.05, 3.63) is 59.5 Å². The Labute approximate surface area is 119 Å². The molecule has 0 unspecified atom stereocenters. The summed E-state index contributed by atoms with van der Waals surface area (Å²) >= 11 is 6.20. The molecule has 1 aromatic carbocycles. The van der Waals surface area contributed by atoms with Gasteiger partial charge in [0.1, 0.15) is 10.8 Å². The first-order valence-corrected chi connectivity index (χ1v) is 6.25. The molecule has 20 heavy (non-hydrogen) atoms. The van der Waals surface area contributed by atoms with Crippen molar-refractivity contribution >= 4 is 17.9 Å². The van der Waals surface area contributed by atoms with Crippen molar-refractivity contribution in [1.29, 1.82) is 0 Å². The van der Waals surface area contributed by atoms with Crippen LogP contribution in [0.2, 0.25) is 5.15 Å². The van der Waals surface area contributed by atoms with Crippen molar-refractivity contribution in [2.75, 3.05) is 0 Å². The Balaban J connectivity index is 2.21. The first-order chi connectivity index (χ1) is 9.81. The van der Waals surface area contributed by atoms with E-state index < -0.39 is 0 Å². The number of halogens is 1. The first-order valence-electron chi connectivity index (χ1n) is 5.88. The maximum atomic E-state index is 11.3. The van der Waals surface area contributed by atoms with Crippen LogP contribution in [0.15, 0.2) is 48.8 Å². The molecule has 0 saturated heterocycles. The van der Waals surface area contributed by atoms with Crippen LogP contribution in [-0.2, 0) is 0 Å². The number of aldehydes is 1. The highest BCUT2D eigenvalue weighted by molar-refractivity contribution is 6.32. The number of nitrogens with zero attached hydrogens (tertiary/aromatic N) is 4. The molecule has 6 heteroatoms. The summed E-state index contributed by atoms with van der Waals surface area (Å²) in [6.07, 6.45) is 3.86. The Morgan fingerprint density at radius 3 is 2.40 bits per heavy atom. The number of carbonyl (C=O) groups excluding carboxylic acids is 1. The third-order valence-corrected chi connectivity index (χ3v) is 3.13. The SMILES string of the molecule is O=Cc1c(-c2ccccc2)nn(-c2ncccn2)c1Cl. The fourth-order valence-corrected chi connectivity index (χ4v) is 2.10. The molecule has 3 aromatic rings. The zero-order valence-electron chi connectivity index (χ0n) is 10.3. The maximum Gasteiger partial charge on any atom is 0.251 e. The lowest BCUT2D eigenvalue weighted by atomic mass is 10.1. The Bertz CT molecular complexity index is 741. The Morgan fingerprint density at radius 2 is 1.75 bits per heavy atom. The number of rotatable bonds is 3. The van der Waals surface area contributed by atoms with Crippen LogP contribution >= 0.6 is 11.6 Å². The zero-order chi connectivity index (χ0) is 13.9. The van der Waals surface area contributed by atoms with Crippen LogP contribution in [0.3, 0.4) is 0 Å². The molecule has 0 atom stereocenters. The van der Waals surface area contributed by atoms with E-state index >= 15 is 0 Å². The van der Waals surface area contributed by atoms with E-state index in [0.717, 1.165) is 5.56 Å². The maximum absolute atomic E-state index is 11.3. The van der Waals surface area contributed by atoms with E-state index in [4.69, 9.17) is 11.6 Å². The van der Waals surface area contributed by atoms with Crippen LogP contribution in [0.4, 0.5) is 0 Å². The molecule has 98 valence electrons. The molecule has 0 amide bonds. The molecule has 0 spiro atoms. The largest absolute Gasteiger partial charge is 0.298 e. The molecule has 0 saturated carbocycles. The first kappa shape index (κ1) is 12.5. The zero-order valence-corrected chi connectivity index (χ0v) is 11.0. The highest BCUT2D eigenvalue weighted by Crippen LogP contribution is 2.28. The van der Waals surface area contributed by atoms with Gasteiger partial charge in [-0.3, -0.25) is 4.79 Å². The molecule has 0 N–H and O–H groups in total. The van der Waals surface area contributed by atoms with Crippen LogP contribution in [0.5, 0.6) is 0 Å². The van der Waals surface area contributed by atoms with Gasteiger partial charge in [-0.25, -0.2) is 9.97 Å². The number of carbonyl (C=O) groups is 1. The summed E-state index contributed by atoms with van der Waals surface area (Å²) < 4.78 is 1.35. The van der Waals surface area contributed by atoms with E-state index in [1.165, 1.54) is 4.68 Å². The van der Waals surface area contributed by atoms with Crippen LogP contribution in [0.25, 0.3) is 17.2 Å². The lowest BCUT2D eigenvalue weighted by molar-refractivity contribution is 0.112. The highest BCUT2D eigenvalue weighted by Gasteiger charge is 2.19. The van der Waals surface area contributed by atoms with Gasteiger partial charge in [-0.2, -0.15) is 9.78 Å². The number of hydrogen-bond acceptors (Lipinski definition) is 4. The van der Waals surface area contributed by atoms with Crippen LogP contribution in [0.1, 0.15) is 10.4 Å². The monoisotopic (exact) mass is 284 g/mol. The van der Waals surface area contributed by atoms with E-state index in [2.05, 4.69) is 15.1 Å². The molecule has 2 aromatic heterocycles. The van der Waals surface area contributed by atoms with E-state index in [1.54, 1.807) is 18.5 Å². The van der Waals surface area contributed by atoms with Crippen molar-refractivity contribution in [1.82, 2.24) is 19.7 Å². The molecule has 0 fully saturated rings. The molecular formula is C14H9ClN4O. The summed E-state index contributed by atoms with van der Waals surface area (Å²) in [6, 6.07) is 11.1. The van der Waals surface area contributed by atoms with E-state index in [0.29, 0.717) is 23.5 Å². The van der Waals surface area contributed by atoms with Gasteiger partial charge in [0.25, 0.3) is 5.95 Å². The van der Waals surface area contributed by atoms with Gasteiger partial charge < -0.3 is 0 Å². The molecule has 5 nitrogen and oxygen atoms in total. The predicted octanol–water partition coefficient (Wildman–Crippen LogP) is 2.80. The summed E-state index contributed by atoms with van der Waals surface area (Å²) in [7, 11) is 0. The Kier molecular flexibility index (Phi) is 3.26. The quantitative estimate of drug-likeness (QED) is 0.694. The van der Waals surface area contributed by atoms with Crippen LogP contribution in [0, 0.1) is 0 Å². The molecule has 0 aliphatic rings. The van der Waals surface area contributed by atoms with Crippen molar-refractivity contribution < 1.29 is 4.79 Å². The number of hydrogen-bond donors (Lipinski definition) is 0.